The lowest BCUT2D eigenvalue weighted by Gasteiger charge is -2.35. The lowest BCUT2D eigenvalue weighted by molar-refractivity contribution is 0.0421. The Morgan fingerprint density at radius 2 is 2.42 bits per heavy atom. The van der Waals surface area contributed by atoms with E-state index >= 15 is 0 Å². The molecule has 1 unspecified atom stereocenters. The number of carbonyl (C=O) groups excluding carboxylic acids is 1. The fraction of sp³-hybridized carbons (Fsp3) is 0.462. The fourth-order valence-electron chi connectivity index (χ4n) is 2.31. The highest BCUT2D eigenvalue weighted by molar-refractivity contribution is 6.34. The monoisotopic (exact) mass is 283 g/mol. The second-order valence-electron chi connectivity index (χ2n) is 4.49. The second kappa shape index (κ2) is 6.23. The molecule has 1 aliphatic heterocycles. The number of nitrogens with two attached hydrogens (primary N) is 1. The minimum absolute atomic E-state index is 0.0958. The van der Waals surface area contributed by atoms with E-state index in [4.69, 9.17) is 22.1 Å². The predicted octanol–water partition coefficient (Wildman–Crippen LogP) is 0.863. The van der Waals surface area contributed by atoms with E-state index in [2.05, 4.69) is 10.2 Å². The molecule has 0 saturated carbocycles. The molecule has 19 heavy (non-hydrogen) atoms. The summed E-state index contributed by atoms with van der Waals surface area (Å²) in [5.74, 6) is -0.503. The Labute approximate surface area is 117 Å². The highest BCUT2D eigenvalue weighted by Crippen LogP contribution is 2.28. The number of carbonyl (C=O) groups is 1. The number of ether oxygens (including phenoxy) is 1. The number of hydrogen-bond donors (Lipinski definition) is 2. The number of rotatable bonds is 4. The number of nitrogens with one attached hydrogen (secondary N) is 1. The van der Waals surface area contributed by atoms with Crippen molar-refractivity contribution in [3.05, 3.63) is 28.8 Å². The first-order chi connectivity index (χ1) is 9.13. The molecule has 5 nitrogen and oxygen atoms in total. The van der Waals surface area contributed by atoms with E-state index < -0.39 is 5.91 Å². The van der Waals surface area contributed by atoms with E-state index in [-0.39, 0.29) is 6.10 Å². The van der Waals surface area contributed by atoms with E-state index in [1.54, 1.807) is 6.07 Å². The number of benzene rings is 1. The summed E-state index contributed by atoms with van der Waals surface area (Å²) in [5.41, 5.74) is 6.59. The maximum atomic E-state index is 11.6. The van der Waals surface area contributed by atoms with Crippen LogP contribution in [0, 0.1) is 0 Å². The van der Waals surface area contributed by atoms with Crippen LogP contribution in [0.2, 0.25) is 5.02 Å². The van der Waals surface area contributed by atoms with Gasteiger partial charge in [0.05, 0.1) is 29.0 Å². The van der Waals surface area contributed by atoms with Crippen molar-refractivity contribution in [2.45, 2.75) is 6.10 Å². The summed E-state index contributed by atoms with van der Waals surface area (Å²) >= 11 is 6.07. The molecule has 1 amide bonds. The van der Waals surface area contributed by atoms with Gasteiger partial charge in [-0.05, 0) is 19.2 Å². The molecule has 1 aliphatic rings. The van der Waals surface area contributed by atoms with Crippen molar-refractivity contribution >= 4 is 23.2 Å². The van der Waals surface area contributed by atoms with Crippen molar-refractivity contribution in [2.75, 3.05) is 38.2 Å². The fourth-order valence-corrected chi connectivity index (χ4v) is 2.57. The van der Waals surface area contributed by atoms with Gasteiger partial charge < -0.3 is 20.7 Å². The van der Waals surface area contributed by atoms with Crippen molar-refractivity contribution in [1.29, 1.82) is 0 Å². The lowest BCUT2D eigenvalue weighted by Crippen LogP contribution is -2.46. The Kier molecular flexibility index (Phi) is 4.63. The van der Waals surface area contributed by atoms with Crippen molar-refractivity contribution < 1.29 is 9.53 Å². The first-order valence-electron chi connectivity index (χ1n) is 6.23. The number of morpholine rings is 1. The average molecular weight is 284 g/mol. The van der Waals surface area contributed by atoms with Crippen LogP contribution < -0.4 is 16.0 Å². The third kappa shape index (κ3) is 3.18. The minimum Gasteiger partial charge on any atom is -0.373 e. The smallest absolute Gasteiger partial charge is 0.252 e. The van der Waals surface area contributed by atoms with Gasteiger partial charge in [-0.2, -0.15) is 0 Å². The zero-order chi connectivity index (χ0) is 13.8. The quantitative estimate of drug-likeness (QED) is 0.860. The topological polar surface area (TPSA) is 67.6 Å². The Morgan fingerprint density at radius 1 is 1.63 bits per heavy atom. The van der Waals surface area contributed by atoms with Crippen LogP contribution in [-0.2, 0) is 4.74 Å². The van der Waals surface area contributed by atoms with Gasteiger partial charge in [-0.1, -0.05) is 17.7 Å². The van der Waals surface area contributed by atoms with E-state index in [9.17, 15) is 4.79 Å². The Balaban J connectivity index is 2.26. The van der Waals surface area contributed by atoms with Gasteiger partial charge in [0.15, 0.2) is 0 Å². The molecule has 0 radical (unpaired) electrons. The maximum Gasteiger partial charge on any atom is 0.252 e. The van der Waals surface area contributed by atoms with Gasteiger partial charge in [0.25, 0.3) is 5.91 Å². The van der Waals surface area contributed by atoms with Gasteiger partial charge in [0.1, 0.15) is 0 Å². The number of primary amides is 1. The first kappa shape index (κ1) is 14.1. The first-order valence-corrected chi connectivity index (χ1v) is 6.60. The Bertz CT molecular complexity index is 465. The largest absolute Gasteiger partial charge is 0.373 e. The van der Waals surface area contributed by atoms with E-state index in [1.807, 2.05) is 19.2 Å². The van der Waals surface area contributed by atoms with Crippen LogP contribution in [0.4, 0.5) is 5.69 Å². The summed E-state index contributed by atoms with van der Waals surface area (Å²) in [7, 11) is 1.89. The molecule has 2 rings (SSSR count). The molecule has 1 aromatic rings. The van der Waals surface area contributed by atoms with Gasteiger partial charge in [-0.3, -0.25) is 4.79 Å². The summed E-state index contributed by atoms with van der Waals surface area (Å²) in [4.78, 5) is 13.7. The summed E-state index contributed by atoms with van der Waals surface area (Å²) in [6.45, 7) is 2.82. The number of likely N-dealkylation sites (N-methyl/N-ethyl adjacent to an activating group) is 1. The van der Waals surface area contributed by atoms with Crippen molar-refractivity contribution in [3.8, 4) is 0 Å². The molecule has 0 aliphatic carbocycles. The zero-order valence-corrected chi connectivity index (χ0v) is 11.6. The van der Waals surface area contributed by atoms with Crippen LogP contribution in [-0.4, -0.2) is 45.3 Å². The highest BCUT2D eigenvalue weighted by Gasteiger charge is 2.24. The number of amides is 1. The summed E-state index contributed by atoms with van der Waals surface area (Å²) < 4.78 is 5.65. The molecule has 0 bridgehead atoms. The average Bonchev–Trinajstić information content (AvgIpc) is 2.38. The van der Waals surface area contributed by atoms with Gasteiger partial charge in [0.2, 0.25) is 0 Å². The van der Waals surface area contributed by atoms with Crippen LogP contribution >= 0.6 is 11.6 Å². The molecule has 104 valence electrons. The van der Waals surface area contributed by atoms with Gasteiger partial charge in [-0.15, -0.1) is 0 Å². The highest BCUT2D eigenvalue weighted by atomic mass is 35.5. The number of anilines is 1. The molecule has 0 aromatic heterocycles. The summed E-state index contributed by atoms with van der Waals surface area (Å²) in [5, 5.41) is 3.48. The zero-order valence-electron chi connectivity index (χ0n) is 10.9. The van der Waals surface area contributed by atoms with E-state index in [0.29, 0.717) is 23.7 Å². The van der Waals surface area contributed by atoms with E-state index in [0.717, 1.165) is 18.8 Å². The molecule has 0 spiro atoms. The van der Waals surface area contributed by atoms with Crippen LogP contribution in [0.3, 0.4) is 0 Å². The standard InChI is InChI=1S/C13H18ClN3O2/c1-16-7-9-8-17(5-6-19-9)11-4-2-3-10(14)12(11)13(15)18/h2-4,9,16H,5-8H2,1H3,(H2,15,18). The Hall–Kier alpha value is -1.30. The molecular weight excluding hydrogens is 266 g/mol. The van der Waals surface area contributed by atoms with Crippen LogP contribution in [0.15, 0.2) is 18.2 Å². The van der Waals surface area contributed by atoms with Crippen molar-refractivity contribution in [1.82, 2.24) is 5.32 Å². The molecular formula is C13H18ClN3O2. The molecule has 1 saturated heterocycles. The number of hydrogen-bond acceptors (Lipinski definition) is 4. The summed E-state index contributed by atoms with van der Waals surface area (Å²) in [6.07, 6.45) is 0.0958. The summed E-state index contributed by atoms with van der Waals surface area (Å²) in [6, 6.07) is 5.37. The number of nitrogens with zero attached hydrogens (tertiary/aromatic N) is 1. The van der Waals surface area contributed by atoms with Gasteiger partial charge in [-0.25, -0.2) is 0 Å². The van der Waals surface area contributed by atoms with Crippen LogP contribution in [0.25, 0.3) is 0 Å². The van der Waals surface area contributed by atoms with Crippen LogP contribution in [0.5, 0.6) is 0 Å². The molecule has 1 fully saturated rings. The van der Waals surface area contributed by atoms with Crippen molar-refractivity contribution in [3.63, 3.8) is 0 Å². The van der Waals surface area contributed by atoms with Gasteiger partial charge >= 0.3 is 0 Å². The number of halogens is 1. The molecule has 3 N–H and O–H groups in total. The molecule has 6 heteroatoms. The molecule has 1 aromatic carbocycles. The Morgan fingerprint density at radius 3 is 3.11 bits per heavy atom. The normalized spacial score (nSPS) is 19.5. The third-order valence-corrected chi connectivity index (χ3v) is 3.46. The van der Waals surface area contributed by atoms with Crippen molar-refractivity contribution in [2.24, 2.45) is 5.73 Å². The third-order valence-electron chi connectivity index (χ3n) is 3.15. The molecule has 1 heterocycles. The van der Waals surface area contributed by atoms with Crippen LogP contribution in [0.1, 0.15) is 10.4 Å². The molecule has 1 atom stereocenters. The predicted molar refractivity (Wildman–Crippen MR) is 75.8 cm³/mol. The SMILES string of the molecule is CNCC1CN(c2cccc(Cl)c2C(N)=O)CCO1. The van der Waals surface area contributed by atoms with E-state index in [1.165, 1.54) is 0 Å². The lowest BCUT2D eigenvalue weighted by atomic mass is 10.1. The second-order valence-corrected chi connectivity index (χ2v) is 4.90. The van der Waals surface area contributed by atoms with Gasteiger partial charge in [0, 0.05) is 19.6 Å². The maximum absolute atomic E-state index is 11.6. The minimum atomic E-state index is -0.503.